The number of carbonyl (C=O) groups excluding carboxylic acids is 1. The summed E-state index contributed by atoms with van der Waals surface area (Å²) >= 11 is 10.2. The van der Waals surface area contributed by atoms with E-state index in [0.29, 0.717) is 34.7 Å². The summed E-state index contributed by atoms with van der Waals surface area (Å²) in [6.07, 6.45) is 1.53. The van der Waals surface area contributed by atoms with E-state index in [-0.39, 0.29) is 6.42 Å². The smallest absolute Gasteiger partial charge is 0.337 e. The molecule has 0 saturated carbocycles. The Labute approximate surface area is 128 Å². The summed E-state index contributed by atoms with van der Waals surface area (Å²) in [4.78, 5) is 22.7. The fraction of sp³-hybridized carbons (Fsp3) is 0.429. The molecule has 0 bridgehead atoms. The summed E-state index contributed by atoms with van der Waals surface area (Å²) in [6.45, 7) is 0. The van der Waals surface area contributed by atoms with Gasteiger partial charge in [0.15, 0.2) is 0 Å². The molecule has 1 aromatic carbocycles. The lowest BCUT2D eigenvalue weighted by atomic mass is 9.94. The van der Waals surface area contributed by atoms with E-state index in [2.05, 4.69) is 17.4 Å². The van der Waals surface area contributed by atoms with Crippen LogP contribution in [0.4, 0.5) is 0 Å². The summed E-state index contributed by atoms with van der Waals surface area (Å²) in [7, 11) is 1.29. The minimum atomic E-state index is -0.869. The third-order valence-corrected chi connectivity index (χ3v) is 3.68. The number of halogens is 1. The molecule has 0 heterocycles. The van der Waals surface area contributed by atoms with Crippen LogP contribution < -0.4 is 0 Å². The standard InChI is InChI=1S/C14H17ClO4S/c1-19-14(18)10-4-5-12(15)11(8-10)7-9(13(16)17)3-2-6-20/h4-5,8-9,20H,2-3,6-7H2,1H3,(H,16,17). The Bertz CT molecular complexity index is 490. The molecule has 0 aliphatic rings. The molecule has 0 aromatic heterocycles. The zero-order chi connectivity index (χ0) is 15.1. The minimum Gasteiger partial charge on any atom is -0.481 e. The van der Waals surface area contributed by atoms with Gasteiger partial charge in [-0.1, -0.05) is 11.6 Å². The van der Waals surface area contributed by atoms with Crippen molar-refractivity contribution in [1.29, 1.82) is 0 Å². The van der Waals surface area contributed by atoms with E-state index < -0.39 is 17.9 Å². The first-order valence-corrected chi connectivity index (χ1v) is 7.21. The molecule has 0 spiro atoms. The first-order valence-electron chi connectivity index (χ1n) is 6.20. The predicted molar refractivity (Wildman–Crippen MR) is 80.7 cm³/mol. The van der Waals surface area contributed by atoms with Gasteiger partial charge in [0.05, 0.1) is 18.6 Å². The van der Waals surface area contributed by atoms with Gasteiger partial charge in [0, 0.05) is 5.02 Å². The number of carboxylic acid groups (broad SMARTS) is 1. The molecule has 1 rings (SSSR count). The Balaban J connectivity index is 2.93. The molecule has 20 heavy (non-hydrogen) atoms. The van der Waals surface area contributed by atoms with Crippen molar-refractivity contribution in [3.8, 4) is 0 Å². The van der Waals surface area contributed by atoms with Crippen molar-refractivity contribution in [3.63, 3.8) is 0 Å². The third-order valence-electron chi connectivity index (χ3n) is 2.99. The number of methoxy groups -OCH3 is 1. The first kappa shape index (κ1) is 16.9. The molecule has 110 valence electrons. The summed E-state index contributed by atoms with van der Waals surface area (Å²) in [5, 5.41) is 9.67. The van der Waals surface area contributed by atoms with Crippen molar-refractivity contribution in [2.24, 2.45) is 5.92 Å². The number of benzene rings is 1. The van der Waals surface area contributed by atoms with Crippen LogP contribution in [0, 0.1) is 5.92 Å². The maximum absolute atomic E-state index is 11.5. The molecule has 0 fully saturated rings. The topological polar surface area (TPSA) is 63.6 Å². The first-order chi connectivity index (χ1) is 9.49. The van der Waals surface area contributed by atoms with Crippen LogP contribution in [-0.2, 0) is 16.0 Å². The van der Waals surface area contributed by atoms with Gasteiger partial charge in [-0.15, -0.1) is 0 Å². The maximum atomic E-state index is 11.5. The van der Waals surface area contributed by atoms with E-state index in [1.165, 1.54) is 7.11 Å². The number of carbonyl (C=O) groups is 2. The largest absolute Gasteiger partial charge is 0.481 e. The van der Waals surface area contributed by atoms with E-state index in [1.807, 2.05) is 0 Å². The normalized spacial score (nSPS) is 11.9. The predicted octanol–water partition coefficient (Wildman–Crippen LogP) is 3.08. The average Bonchev–Trinajstić information content (AvgIpc) is 2.44. The second-order valence-corrected chi connectivity index (χ2v) is 5.26. The van der Waals surface area contributed by atoms with Crippen LogP contribution in [0.15, 0.2) is 18.2 Å². The molecule has 0 saturated heterocycles. The van der Waals surface area contributed by atoms with E-state index in [0.717, 1.165) is 0 Å². The number of thiol groups is 1. The monoisotopic (exact) mass is 316 g/mol. The zero-order valence-electron chi connectivity index (χ0n) is 11.1. The number of ether oxygens (including phenoxy) is 1. The van der Waals surface area contributed by atoms with Gasteiger partial charge >= 0.3 is 11.9 Å². The van der Waals surface area contributed by atoms with Crippen LogP contribution in [0.5, 0.6) is 0 Å². The summed E-state index contributed by atoms with van der Waals surface area (Å²) in [6, 6.07) is 4.73. The van der Waals surface area contributed by atoms with Crippen molar-refractivity contribution < 1.29 is 19.4 Å². The quantitative estimate of drug-likeness (QED) is 0.599. The number of hydrogen-bond acceptors (Lipinski definition) is 4. The molecule has 0 aliphatic heterocycles. The molecular formula is C14H17ClO4S. The second kappa shape index (κ2) is 8.17. The highest BCUT2D eigenvalue weighted by Gasteiger charge is 2.19. The fourth-order valence-corrected chi connectivity index (χ4v) is 2.27. The Kier molecular flexibility index (Phi) is 6.88. The van der Waals surface area contributed by atoms with Crippen molar-refractivity contribution in [2.75, 3.05) is 12.9 Å². The van der Waals surface area contributed by atoms with Crippen molar-refractivity contribution in [2.45, 2.75) is 19.3 Å². The van der Waals surface area contributed by atoms with Gasteiger partial charge in [0.25, 0.3) is 0 Å². The Morgan fingerprint density at radius 1 is 1.45 bits per heavy atom. The highest BCUT2D eigenvalue weighted by Crippen LogP contribution is 2.23. The molecule has 1 N–H and O–H groups in total. The molecular weight excluding hydrogens is 300 g/mol. The van der Waals surface area contributed by atoms with Crippen LogP contribution in [0.2, 0.25) is 5.02 Å². The number of rotatable bonds is 7. The SMILES string of the molecule is COC(=O)c1ccc(Cl)c(CC(CCCS)C(=O)O)c1. The number of carboxylic acids is 1. The number of aliphatic carboxylic acids is 1. The summed E-state index contributed by atoms with van der Waals surface area (Å²) in [5.41, 5.74) is 1.01. The molecule has 6 heteroatoms. The molecule has 0 amide bonds. The lowest BCUT2D eigenvalue weighted by Crippen LogP contribution is -2.17. The lowest BCUT2D eigenvalue weighted by Gasteiger charge is -2.13. The highest BCUT2D eigenvalue weighted by atomic mass is 35.5. The van der Waals surface area contributed by atoms with Crippen LogP contribution in [0.3, 0.4) is 0 Å². The van der Waals surface area contributed by atoms with Crippen LogP contribution in [0.1, 0.15) is 28.8 Å². The second-order valence-electron chi connectivity index (χ2n) is 4.40. The van der Waals surface area contributed by atoms with Crippen molar-refractivity contribution in [1.82, 2.24) is 0 Å². The Hall–Kier alpha value is -1.20. The molecule has 1 atom stereocenters. The molecule has 1 aromatic rings. The Morgan fingerprint density at radius 2 is 2.15 bits per heavy atom. The Morgan fingerprint density at radius 3 is 2.70 bits per heavy atom. The lowest BCUT2D eigenvalue weighted by molar-refractivity contribution is -0.141. The van der Waals surface area contributed by atoms with Gasteiger partial charge in [-0.3, -0.25) is 4.79 Å². The van der Waals surface area contributed by atoms with Gasteiger partial charge in [-0.2, -0.15) is 12.6 Å². The summed E-state index contributed by atoms with van der Waals surface area (Å²) in [5.74, 6) is -1.23. The zero-order valence-corrected chi connectivity index (χ0v) is 12.8. The van der Waals surface area contributed by atoms with Crippen molar-refractivity contribution in [3.05, 3.63) is 34.3 Å². The fourth-order valence-electron chi connectivity index (χ4n) is 1.89. The summed E-state index contributed by atoms with van der Waals surface area (Å²) < 4.78 is 4.64. The van der Waals surface area contributed by atoms with E-state index in [9.17, 15) is 14.7 Å². The van der Waals surface area contributed by atoms with E-state index in [1.54, 1.807) is 18.2 Å². The van der Waals surface area contributed by atoms with E-state index in [4.69, 9.17) is 11.6 Å². The van der Waals surface area contributed by atoms with Crippen LogP contribution in [0.25, 0.3) is 0 Å². The minimum absolute atomic E-state index is 0.285. The maximum Gasteiger partial charge on any atom is 0.337 e. The van der Waals surface area contributed by atoms with E-state index >= 15 is 0 Å². The van der Waals surface area contributed by atoms with Crippen molar-refractivity contribution >= 4 is 36.2 Å². The third kappa shape index (κ3) is 4.72. The van der Waals surface area contributed by atoms with Crippen LogP contribution >= 0.6 is 24.2 Å². The molecule has 0 aliphatic carbocycles. The highest BCUT2D eigenvalue weighted by molar-refractivity contribution is 7.80. The average molecular weight is 317 g/mol. The van der Waals surface area contributed by atoms with Gasteiger partial charge in [-0.25, -0.2) is 4.79 Å². The van der Waals surface area contributed by atoms with Gasteiger partial charge in [0.1, 0.15) is 0 Å². The van der Waals surface area contributed by atoms with Gasteiger partial charge < -0.3 is 9.84 Å². The molecule has 1 unspecified atom stereocenters. The number of esters is 1. The van der Waals surface area contributed by atoms with Crippen LogP contribution in [-0.4, -0.2) is 29.9 Å². The van der Waals surface area contributed by atoms with Gasteiger partial charge in [0.2, 0.25) is 0 Å². The molecule has 0 radical (unpaired) electrons. The van der Waals surface area contributed by atoms with Gasteiger partial charge in [-0.05, 0) is 48.8 Å². The molecule has 4 nitrogen and oxygen atoms in total. The number of hydrogen-bond donors (Lipinski definition) is 2.